The first kappa shape index (κ1) is 18.3. The number of carbonyl (C=O) groups is 2. The van der Waals surface area contributed by atoms with Crippen LogP contribution in [-0.2, 0) is 12.8 Å². The first-order chi connectivity index (χ1) is 13.7. The van der Waals surface area contributed by atoms with Crippen LogP contribution in [0.4, 0.5) is 5.00 Å². The van der Waals surface area contributed by atoms with Crippen LogP contribution in [0.25, 0.3) is 0 Å². The Balaban J connectivity index is 1.56. The summed E-state index contributed by atoms with van der Waals surface area (Å²) in [6, 6.07) is 16.4. The molecule has 142 valence electrons. The molecule has 0 unspecified atom stereocenters. The molecule has 1 aliphatic rings. The van der Waals surface area contributed by atoms with Gasteiger partial charge in [0.1, 0.15) is 16.5 Å². The lowest BCUT2D eigenvalue weighted by Gasteiger charge is -2.09. The predicted octanol–water partition coefficient (Wildman–Crippen LogP) is 4.64. The third kappa shape index (κ3) is 3.64. The summed E-state index contributed by atoms with van der Waals surface area (Å²) in [4.78, 5) is 26.4. The number of nitrogens with one attached hydrogen (secondary N) is 2. The molecule has 0 atom stereocenters. The summed E-state index contributed by atoms with van der Waals surface area (Å²) in [6.45, 7) is 0. The Morgan fingerprint density at radius 3 is 2.54 bits per heavy atom. The first-order valence-corrected chi connectivity index (χ1v) is 9.98. The van der Waals surface area contributed by atoms with Gasteiger partial charge in [-0.2, -0.15) is 0 Å². The minimum absolute atomic E-state index is 0.157. The number of hydrogen-bond acceptors (Lipinski definition) is 4. The molecule has 2 aromatic carbocycles. The van der Waals surface area contributed by atoms with Gasteiger partial charge >= 0.3 is 0 Å². The van der Waals surface area contributed by atoms with Gasteiger partial charge in [0.25, 0.3) is 11.8 Å². The molecule has 0 bridgehead atoms. The van der Waals surface area contributed by atoms with Crippen molar-refractivity contribution < 1.29 is 14.3 Å². The Bertz CT molecular complexity index is 1030. The van der Waals surface area contributed by atoms with Crippen LogP contribution < -0.4 is 15.4 Å². The van der Waals surface area contributed by atoms with Gasteiger partial charge in [-0.1, -0.05) is 24.3 Å². The van der Waals surface area contributed by atoms with Crippen molar-refractivity contribution in [1.29, 1.82) is 0 Å². The van der Waals surface area contributed by atoms with Gasteiger partial charge < -0.3 is 15.4 Å². The number of amides is 2. The average Bonchev–Trinajstić information content (AvgIpc) is 3.29. The van der Waals surface area contributed by atoms with Gasteiger partial charge in [-0.15, -0.1) is 11.3 Å². The van der Waals surface area contributed by atoms with Gasteiger partial charge in [0.05, 0.1) is 5.56 Å². The molecule has 28 heavy (non-hydrogen) atoms. The molecule has 3 aromatic rings. The molecule has 2 N–H and O–H groups in total. The van der Waals surface area contributed by atoms with Crippen LogP contribution in [0.1, 0.15) is 37.6 Å². The third-order valence-electron chi connectivity index (χ3n) is 4.68. The topological polar surface area (TPSA) is 67.4 Å². The minimum Gasteiger partial charge on any atom is -0.457 e. The third-order valence-corrected chi connectivity index (χ3v) is 5.88. The van der Waals surface area contributed by atoms with Gasteiger partial charge in [0.2, 0.25) is 0 Å². The van der Waals surface area contributed by atoms with E-state index in [1.165, 1.54) is 16.2 Å². The fourth-order valence-electron chi connectivity index (χ4n) is 3.36. The molecule has 0 saturated carbocycles. The number of aryl methyl sites for hydroxylation is 1. The van der Waals surface area contributed by atoms with E-state index in [2.05, 4.69) is 10.6 Å². The molecular weight excluding hydrogens is 372 g/mol. The molecule has 0 aliphatic heterocycles. The Labute approximate surface area is 167 Å². The zero-order chi connectivity index (χ0) is 19.5. The second-order valence-corrected chi connectivity index (χ2v) is 7.64. The lowest BCUT2D eigenvalue weighted by Crippen LogP contribution is -2.21. The molecule has 0 radical (unpaired) electrons. The maximum Gasteiger partial charge on any atom is 0.256 e. The van der Waals surface area contributed by atoms with Crippen molar-refractivity contribution >= 4 is 28.2 Å². The number of rotatable bonds is 5. The smallest absolute Gasteiger partial charge is 0.256 e. The van der Waals surface area contributed by atoms with Gasteiger partial charge in [-0.05, 0) is 55.2 Å². The quantitative estimate of drug-likeness (QED) is 0.665. The van der Waals surface area contributed by atoms with Crippen LogP contribution in [0.3, 0.4) is 0 Å². The lowest BCUT2D eigenvalue weighted by atomic mass is 10.1. The number of carbonyl (C=O) groups excluding carboxylic acids is 2. The first-order valence-electron chi connectivity index (χ1n) is 9.16. The fraction of sp³-hybridized carbons (Fsp3) is 0.182. The molecule has 1 aliphatic carbocycles. The molecule has 0 saturated heterocycles. The fourth-order valence-corrected chi connectivity index (χ4v) is 4.64. The highest BCUT2D eigenvalue weighted by Crippen LogP contribution is 2.39. The number of thiophene rings is 1. The summed E-state index contributed by atoms with van der Waals surface area (Å²) >= 11 is 1.50. The van der Waals surface area contributed by atoms with Crippen molar-refractivity contribution in [2.24, 2.45) is 0 Å². The van der Waals surface area contributed by atoms with E-state index in [4.69, 9.17) is 4.74 Å². The standard InChI is InChI=1S/C22H20N2O3S/c1-23-21(26)19-17-11-6-12-18(17)28-22(19)24-20(25)14-7-5-10-16(13-14)27-15-8-3-2-4-9-15/h2-5,7-10,13H,6,11-12H2,1H3,(H,23,26)(H,24,25). The summed E-state index contributed by atoms with van der Waals surface area (Å²) in [5.74, 6) is 0.871. The van der Waals surface area contributed by atoms with Crippen LogP contribution in [0.2, 0.25) is 0 Å². The Morgan fingerprint density at radius 1 is 0.964 bits per heavy atom. The van der Waals surface area contributed by atoms with Gasteiger partial charge in [-0.3, -0.25) is 9.59 Å². The Hall–Kier alpha value is -3.12. The summed E-state index contributed by atoms with van der Waals surface area (Å²) < 4.78 is 5.81. The van der Waals surface area contributed by atoms with Crippen LogP contribution in [0, 0.1) is 0 Å². The van der Waals surface area contributed by atoms with E-state index >= 15 is 0 Å². The number of ether oxygens (including phenoxy) is 1. The predicted molar refractivity (Wildman–Crippen MR) is 111 cm³/mol. The van der Waals surface area contributed by atoms with Crippen LogP contribution >= 0.6 is 11.3 Å². The second-order valence-electron chi connectivity index (χ2n) is 6.54. The van der Waals surface area contributed by atoms with E-state index in [1.807, 2.05) is 30.3 Å². The monoisotopic (exact) mass is 392 g/mol. The van der Waals surface area contributed by atoms with Crippen LogP contribution in [0.5, 0.6) is 11.5 Å². The SMILES string of the molecule is CNC(=O)c1c(NC(=O)c2cccc(Oc3ccccc3)c2)sc2c1CCC2. The minimum atomic E-state index is -0.261. The summed E-state index contributed by atoms with van der Waals surface area (Å²) in [7, 11) is 1.61. The van der Waals surface area contributed by atoms with E-state index in [-0.39, 0.29) is 11.8 Å². The summed E-state index contributed by atoms with van der Waals surface area (Å²) in [5.41, 5.74) is 2.15. The van der Waals surface area contributed by atoms with E-state index in [0.717, 1.165) is 24.8 Å². The van der Waals surface area contributed by atoms with Gasteiger partial charge in [0.15, 0.2) is 0 Å². The van der Waals surface area contributed by atoms with E-state index in [0.29, 0.717) is 27.6 Å². The zero-order valence-corrected chi connectivity index (χ0v) is 16.3. The number of fused-ring (bicyclic) bond motifs is 1. The highest BCUT2D eigenvalue weighted by molar-refractivity contribution is 7.17. The number of hydrogen-bond donors (Lipinski definition) is 2. The van der Waals surface area contributed by atoms with Gasteiger partial charge in [0, 0.05) is 17.5 Å². The van der Waals surface area contributed by atoms with E-state index in [9.17, 15) is 9.59 Å². The maximum absolute atomic E-state index is 12.8. The van der Waals surface area contributed by atoms with Crippen molar-refractivity contribution in [3.8, 4) is 11.5 Å². The number of anilines is 1. The van der Waals surface area contributed by atoms with Crippen molar-refractivity contribution in [3.05, 3.63) is 76.2 Å². The summed E-state index contributed by atoms with van der Waals surface area (Å²) in [6.07, 6.45) is 2.89. The van der Waals surface area contributed by atoms with Crippen LogP contribution in [0.15, 0.2) is 54.6 Å². The molecular formula is C22H20N2O3S. The van der Waals surface area contributed by atoms with Crippen LogP contribution in [-0.4, -0.2) is 18.9 Å². The molecule has 2 amide bonds. The average molecular weight is 392 g/mol. The van der Waals surface area contributed by atoms with Crippen molar-refractivity contribution in [2.75, 3.05) is 12.4 Å². The Kier molecular flexibility index (Phi) is 5.12. The zero-order valence-electron chi connectivity index (χ0n) is 15.5. The van der Waals surface area contributed by atoms with Crippen molar-refractivity contribution in [2.45, 2.75) is 19.3 Å². The largest absolute Gasteiger partial charge is 0.457 e. The maximum atomic E-state index is 12.8. The molecule has 1 aromatic heterocycles. The molecule has 6 heteroatoms. The Morgan fingerprint density at radius 2 is 1.75 bits per heavy atom. The molecule has 1 heterocycles. The number of benzene rings is 2. The highest BCUT2D eigenvalue weighted by atomic mass is 32.1. The molecule has 0 spiro atoms. The molecule has 0 fully saturated rings. The van der Waals surface area contributed by atoms with Crippen molar-refractivity contribution in [3.63, 3.8) is 0 Å². The molecule has 5 nitrogen and oxygen atoms in total. The normalized spacial score (nSPS) is 12.3. The lowest BCUT2D eigenvalue weighted by molar-refractivity contribution is 0.0963. The molecule has 4 rings (SSSR count). The van der Waals surface area contributed by atoms with E-state index < -0.39 is 0 Å². The van der Waals surface area contributed by atoms with Gasteiger partial charge in [-0.25, -0.2) is 0 Å². The highest BCUT2D eigenvalue weighted by Gasteiger charge is 2.27. The summed E-state index contributed by atoms with van der Waals surface area (Å²) in [5, 5.41) is 6.22. The number of para-hydroxylation sites is 1. The van der Waals surface area contributed by atoms with Crippen molar-refractivity contribution in [1.82, 2.24) is 5.32 Å². The van der Waals surface area contributed by atoms with E-state index in [1.54, 1.807) is 31.3 Å². The second kappa shape index (κ2) is 7.86.